The summed E-state index contributed by atoms with van der Waals surface area (Å²) in [4.78, 5) is 11.9. The third-order valence-electron chi connectivity index (χ3n) is 3.50. The zero-order valence-electron chi connectivity index (χ0n) is 14.4. The van der Waals surface area contributed by atoms with Gasteiger partial charge in [-0.2, -0.15) is 0 Å². The Morgan fingerprint density at radius 3 is 2.05 bits per heavy atom. The highest BCUT2D eigenvalue weighted by atomic mass is 28.4. The smallest absolute Gasteiger partial charge is 0.374 e. The van der Waals surface area contributed by atoms with Crippen molar-refractivity contribution < 1.29 is 18.1 Å². The summed E-state index contributed by atoms with van der Waals surface area (Å²) in [5.74, 6) is 0.101. The molecule has 1 aromatic carbocycles. The van der Waals surface area contributed by atoms with Crippen LogP contribution in [0.5, 0.6) is 0 Å². The van der Waals surface area contributed by atoms with Crippen molar-refractivity contribution in [3.8, 4) is 0 Å². The minimum atomic E-state index is -2.66. The van der Waals surface area contributed by atoms with Gasteiger partial charge in [0.05, 0.1) is 0 Å². The van der Waals surface area contributed by atoms with Gasteiger partial charge in [0, 0.05) is 31.4 Å². The van der Waals surface area contributed by atoms with Gasteiger partial charge in [0.25, 0.3) is 0 Å². The first-order valence-corrected chi connectivity index (χ1v) is 9.94. The highest BCUT2D eigenvalue weighted by Gasteiger charge is 2.40. The molecule has 0 saturated carbocycles. The third-order valence-corrected chi connectivity index (χ3v) is 6.55. The van der Waals surface area contributed by atoms with E-state index in [2.05, 4.69) is 0 Å². The van der Waals surface area contributed by atoms with Crippen molar-refractivity contribution in [2.45, 2.75) is 47.1 Å². The van der Waals surface area contributed by atoms with E-state index in [1.807, 2.05) is 45.9 Å². The number of benzene rings is 1. The number of carbonyl (C=O) groups excluding carboxylic acids is 1. The molecular weight excluding hydrogens is 296 g/mol. The summed E-state index contributed by atoms with van der Waals surface area (Å²) in [6.45, 7) is 11.1. The first kappa shape index (κ1) is 19.0. The number of carbonyl (C=O) groups is 1. The summed E-state index contributed by atoms with van der Waals surface area (Å²) in [5.41, 5.74) is 2.87. The number of rotatable bonds is 10. The molecule has 0 radical (unpaired) electrons. The maximum absolute atomic E-state index is 11.9. The van der Waals surface area contributed by atoms with Gasteiger partial charge in [-0.15, -0.1) is 0 Å². The molecule has 0 aromatic heterocycles. The van der Waals surface area contributed by atoms with Crippen molar-refractivity contribution in [1.82, 2.24) is 0 Å². The van der Waals surface area contributed by atoms with Crippen LogP contribution in [0.4, 0.5) is 0 Å². The highest BCUT2D eigenvalue weighted by molar-refractivity contribution is 6.60. The first-order valence-electron chi connectivity index (χ1n) is 8.00. The molecule has 0 amide bonds. The van der Waals surface area contributed by atoms with Crippen LogP contribution in [-0.4, -0.2) is 34.4 Å². The average Bonchev–Trinajstić information content (AvgIpc) is 2.45. The van der Waals surface area contributed by atoms with Crippen LogP contribution in [0.1, 0.15) is 49.2 Å². The molecule has 0 aliphatic carbocycles. The molecule has 0 aliphatic heterocycles. The summed E-state index contributed by atoms with van der Waals surface area (Å²) in [6.07, 6.45) is 0.725. The van der Waals surface area contributed by atoms with Gasteiger partial charge in [0.2, 0.25) is 0 Å². The van der Waals surface area contributed by atoms with E-state index in [4.69, 9.17) is 13.3 Å². The molecule has 0 saturated heterocycles. The van der Waals surface area contributed by atoms with Gasteiger partial charge in [-0.05, 0) is 52.2 Å². The molecule has 0 N–H and O–H groups in total. The minimum Gasteiger partial charge on any atom is -0.374 e. The van der Waals surface area contributed by atoms with E-state index in [9.17, 15) is 4.79 Å². The molecule has 4 nitrogen and oxygen atoms in total. The van der Waals surface area contributed by atoms with Gasteiger partial charge in [0.15, 0.2) is 5.78 Å². The van der Waals surface area contributed by atoms with Crippen LogP contribution in [0.3, 0.4) is 0 Å². The number of aryl methyl sites for hydroxylation is 2. The summed E-state index contributed by atoms with van der Waals surface area (Å²) in [5, 5.41) is 0. The van der Waals surface area contributed by atoms with Gasteiger partial charge in [-0.3, -0.25) is 4.79 Å². The maximum Gasteiger partial charge on any atom is 0.501 e. The Balaban J connectivity index is 2.97. The number of hydrogen-bond acceptors (Lipinski definition) is 4. The maximum atomic E-state index is 11.9. The second-order valence-corrected chi connectivity index (χ2v) is 7.88. The van der Waals surface area contributed by atoms with E-state index in [0.29, 0.717) is 25.9 Å². The summed E-state index contributed by atoms with van der Waals surface area (Å²) < 4.78 is 17.6. The fourth-order valence-electron chi connectivity index (χ4n) is 2.73. The minimum absolute atomic E-state index is 0.101. The molecule has 5 heteroatoms. The SMILES string of the molecule is CCO[Si](CCc1cccc(C)c1C(C)=O)(OCC)OCC. The molecule has 22 heavy (non-hydrogen) atoms. The largest absolute Gasteiger partial charge is 0.501 e. The Bertz CT molecular complexity index is 471. The van der Waals surface area contributed by atoms with Crippen LogP contribution in [0, 0.1) is 6.92 Å². The molecular formula is C17H28O4Si. The molecule has 0 unspecified atom stereocenters. The van der Waals surface area contributed by atoms with E-state index in [1.165, 1.54) is 0 Å². The lowest BCUT2D eigenvalue weighted by Gasteiger charge is -2.28. The third kappa shape index (κ3) is 5.02. The van der Waals surface area contributed by atoms with Crippen LogP contribution in [0.25, 0.3) is 0 Å². The standard InChI is InChI=1S/C17H28O4Si/c1-6-19-22(20-7-2,21-8-3)13-12-16-11-9-10-14(4)17(16)15(5)18/h9-11H,6-8,12-13H2,1-5H3. The monoisotopic (exact) mass is 324 g/mol. The predicted octanol–water partition coefficient (Wildman–Crippen LogP) is 3.79. The molecule has 0 spiro atoms. The van der Waals surface area contributed by atoms with Gasteiger partial charge in [0.1, 0.15) is 0 Å². The van der Waals surface area contributed by atoms with Crippen LogP contribution in [0.15, 0.2) is 18.2 Å². The van der Waals surface area contributed by atoms with E-state index >= 15 is 0 Å². The molecule has 0 aliphatic rings. The zero-order valence-corrected chi connectivity index (χ0v) is 15.4. The van der Waals surface area contributed by atoms with Crippen LogP contribution < -0.4 is 0 Å². The Hall–Kier alpha value is -1.01. The molecule has 0 atom stereocenters. The average molecular weight is 324 g/mol. The summed E-state index contributed by atoms with van der Waals surface area (Å²) in [6, 6.07) is 6.65. The number of hydrogen-bond donors (Lipinski definition) is 0. The molecule has 0 bridgehead atoms. The number of Topliss-reactive ketones (excluding diaryl/α,β-unsaturated/α-hetero) is 1. The molecule has 1 aromatic rings. The van der Waals surface area contributed by atoms with Crippen molar-refractivity contribution in [1.29, 1.82) is 0 Å². The van der Waals surface area contributed by atoms with E-state index in [1.54, 1.807) is 6.92 Å². The van der Waals surface area contributed by atoms with E-state index in [0.717, 1.165) is 23.1 Å². The Morgan fingerprint density at radius 1 is 1.05 bits per heavy atom. The van der Waals surface area contributed by atoms with Crippen LogP contribution >= 0.6 is 0 Å². The lowest BCUT2D eigenvalue weighted by molar-refractivity contribution is 0.0713. The molecule has 1 rings (SSSR count). The fraction of sp³-hybridized carbons (Fsp3) is 0.588. The van der Waals surface area contributed by atoms with Gasteiger partial charge in [-0.1, -0.05) is 18.2 Å². The molecule has 0 heterocycles. The second kappa shape index (κ2) is 9.20. The lowest BCUT2D eigenvalue weighted by Crippen LogP contribution is -2.46. The van der Waals surface area contributed by atoms with Gasteiger partial charge in [-0.25, -0.2) is 0 Å². The van der Waals surface area contributed by atoms with Gasteiger partial charge < -0.3 is 13.3 Å². The van der Waals surface area contributed by atoms with Crippen molar-refractivity contribution >= 4 is 14.6 Å². The normalized spacial score (nSPS) is 11.7. The van der Waals surface area contributed by atoms with Crippen LogP contribution in [0.2, 0.25) is 6.04 Å². The Morgan fingerprint density at radius 2 is 1.59 bits per heavy atom. The second-order valence-electron chi connectivity index (χ2n) is 5.15. The summed E-state index contributed by atoms with van der Waals surface area (Å²) in [7, 11) is -2.66. The zero-order chi connectivity index (χ0) is 16.6. The molecule has 0 fully saturated rings. The lowest BCUT2D eigenvalue weighted by atomic mass is 9.97. The topological polar surface area (TPSA) is 44.8 Å². The summed E-state index contributed by atoms with van der Waals surface area (Å²) >= 11 is 0. The number of ketones is 1. The Kier molecular flexibility index (Phi) is 7.96. The first-order chi connectivity index (χ1) is 10.5. The Labute approximate surface area is 135 Å². The van der Waals surface area contributed by atoms with Crippen molar-refractivity contribution in [3.63, 3.8) is 0 Å². The quantitative estimate of drug-likeness (QED) is 0.485. The molecule has 124 valence electrons. The van der Waals surface area contributed by atoms with E-state index in [-0.39, 0.29) is 5.78 Å². The van der Waals surface area contributed by atoms with Crippen molar-refractivity contribution in [2.75, 3.05) is 19.8 Å². The van der Waals surface area contributed by atoms with Crippen molar-refractivity contribution in [3.05, 3.63) is 34.9 Å². The van der Waals surface area contributed by atoms with Gasteiger partial charge >= 0.3 is 8.80 Å². The van der Waals surface area contributed by atoms with Crippen molar-refractivity contribution in [2.24, 2.45) is 0 Å². The van der Waals surface area contributed by atoms with Crippen LogP contribution in [-0.2, 0) is 19.7 Å². The highest BCUT2D eigenvalue weighted by Crippen LogP contribution is 2.23. The predicted molar refractivity (Wildman–Crippen MR) is 90.3 cm³/mol. The van der Waals surface area contributed by atoms with E-state index < -0.39 is 8.80 Å². The fourth-order valence-corrected chi connectivity index (χ4v) is 5.31.